The highest BCUT2D eigenvalue weighted by molar-refractivity contribution is 5.01. The van der Waals surface area contributed by atoms with Crippen molar-refractivity contribution in [2.75, 3.05) is 6.61 Å². The Labute approximate surface area is 96.1 Å². The summed E-state index contributed by atoms with van der Waals surface area (Å²) in [5.74, 6) is 0.526. The molecule has 4 heteroatoms. The molecule has 0 atom stereocenters. The molecule has 1 saturated carbocycles. The molecule has 0 aromatic carbocycles. The molecular formula is C12H19N3O. The largest absolute Gasteiger partial charge is 0.396 e. The van der Waals surface area contributed by atoms with Crippen LogP contribution >= 0.6 is 0 Å². The monoisotopic (exact) mass is 221 g/mol. The van der Waals surface area contributed by atoms with Gasteiger partial charge in [-0.05, 0) is 31.6 Å². The van der Waals surface area contributed by atoms with Gasteiger partial charge in [0.1, 0.15) is 6.33 Å². The van der Waals surface area contributed by atoms with Gasteiger partial charge in [0.05, 0.1) is 0 Å². The van der Waals surface area contributed by atoms with Crippen molar-refractivity contribution < 1.29 is 5.11 Å². The molecule has 0 radical (unpaired) electrons. The zero-order valence-electron chi connectivity index (χ0n) is 9.47. The Bertz CT molecular complexity index is 296. The van der Waals surface area contributed by atoms with E-state index in [0.717, 1.165) is 24.9 Å². The zero-order valence-corrected chi connectivity index (χ0v) is 9.47. The number of aliphatic hydroxyl groups is 1. The summed E-state index contributed by atoms with van der Waals surface area (Å²) >= 11 is 0. The van der Waals surface area contributed by atoms with Gasteiger partial charge in [-0.25, -0.2) is 9.97 Å². The second kappa shape index (κ2) is 5.92. The summed E-state index contributed by atoms with van der Waals surface area (Å²) in [5, 5.41) is 12.6. The molecule has 1 aromatic heterocycles. The van der Waals surface area contributed by atoms with E-state index >= 15 is 0 Å². The highest BCUT2D eigenvalue weighted by Gasteiger charge is 2.19. The molecule has 0 bridgehead atoms. The summed E-state index contributed by atoms with van der Waals surface area (Å²) in [5.41, 5.74) is 1.13. The SMILES string of the molecule is OCC1CCC(NCc2cncnc2)CC1. The molecule has 88 valence electrons. The van der Waals surface area contributed by atoms with Crippen LogP contribution in [0.3, 0.4) is 0 Å². The van der Waals surface area contributed by atoms with E-state index in [0.29, 0.717) is 18.6 Å². The lowest BCUT2D eigenvalue weighted by molar-refractivity contribution is 0.175. The van der Waals surface area contributed by atoms with Gasteiger partial charge in [-0.2, -0.15) is 0 Å². The van der Waals surface area contributed by atoms with Gasteiger partial charge >= 0.3 is 0 Å². The molecule has 2 N–H and O–H groups in total. The molecule has 0 saturated heterocycles. The lowest BCUT2D eigenvalue weighted by atomic mass is 9.86. The molecule has 4 nitrogen and oxygen atoms in total. The van der Waals surface area contributed by atoms with E-state index in [1.54, 1.807) is 6.33 Å². The summed E-state index contributed by atoms with van der Waals surface area (Å²) in [7, 11) is 0. The lowest BCUT2D eigenvalue weighted by Gasteiger charge is -2.28. The number of nitrogens with one attached hydrogen (secondary N) is 1. The predicted octanol–water partition coefficient (Wildman–Crippen LogP) is 1.12. The molecule has 1 aliphatic carbocycles. The average molecular weight is 221 g/mol. The first-order valence-electron chi connectivity index (χ1n) is 5.96. The van der Waals surface area contributed by atoms with E-state index < -0.39 is 0 Å². The maximum absolute atomic E-state index is 9.05. The van der Waals surface area contributed by atoms with E-state index in [4.69, 9.17) is 5.11 Å². The van der Waals surface area contributed by atoms with Crippen molar-refractivity contribution in [3.05, 3.63) is 24.3 Å². The third-order valence-corrected chi connectivity index (χ3v) is 3.31. The van der Waals surface area contributed by atoms with Crippen LogP contribution in [0.5, 0.6) is 0 Å². The van der Waals surface area contributed by atoms with E-state index in [9.17, 15) is 0 Å². The molecule has 0 aliphatic heterocycles. The Morgan fingerprint density at radius 3 is 2.50 bits per heavy atom. The van der Waals surface area contributed by atoms with Gasteiger partial charge in [-0.1, -0.05) is 0 Å². The molecule has 0 amide bonds. The number of hydrogen-bond acceptors (Lipinski definition) is 4. The van der Waals surface area contributed by atoms with Crippen LogP contribution in [-0.4, -0.2) is 27.7 Å². The number of hydrogen-bond donors (Lipinski definition) is 2. The normalized spacial score (nSPS) is 25.6. The molecule has 0 unspecified atom stereocenters. The van der Waals surface area contributed by atoms with Gasteiger partial charge in [0.2, 0.25) is 0 Å². The Kier molecular flexibility index (Phi) is 4.25. The molecule has 16 heavy (non-hydrogen) atoms. The van der Waals surface area contributed by atoms with Crippen LogP contribution in [0.4, 0.5) is 0 Å². The second-order valence-corrected chi connectivity index (χ2v) is 4.53. The van der Waals surface area contributed by atoms with Crippen LogP contribution < -0.4 is 5.32 Å². The van der Waals surface area contributed by atoms with E-state index in [1.165, 1.54) is 12.8 Å². The van der Waals surface area contributed by atoms with Gasteiger partial charge in [-0.15, -0.1) is 0 Å². The number of rotatable bonds is 4. The van der Waals surface area contributed by atoms with Crippen molar-refractivity contribution in [1.82, 2.24) is 15.3 Å². The summed E-state index contributed by atoms with van der Waals surface area (Å²) in [6, 6.07) is 0.586. The second-order valence-electron chi connectivity index (χ2n) is 4.53. The van der Waals surface area contributed by atoms with Crippen LogP contribution in [0.2, 0.25) is 0 Å². The van der Waals surface area contributed by atoms with Crippen molar-refractivity contribution in [2.45, 2.75) is 38.3 Å². The summed E-state index contributed by atoms with van der Waals surface area (Å²) < 4.78 is 0. The van der Waals surface area contributed by atoms with Crippen molar-refractivity contribution >= 4 is 0 Å². The zero-order chi connectivity index (χ0) is 11.2. The standard InChI is InChI=1S/C12H19N3O/c16-8-10-1-3-12(4-2-10)15-7-11-5-13-9-14-6-11/h5-6,9-10,12,15-16H,1-4,7-8H2. The third kappa shape index (κ3) is 3.25. The topological polar surface area (TPSA) is 58.0 Å². The fraction of sp³-hybridized carbons (Fsp3) is 0.667. The average Bonchev–Trinajstić information content (AvgIpc) is 2.38. The third-order valence-electron chi connectivity index (χ3n) is 3.31. The van der Waals surface area contributed by atoms with E-state index in [2.05, 4.69) is 15.3 Å². The van der Waals surface area contributed by atoms with Gasteiger partial charge in [0, 0.05) is 37.2 Å². The Balaban J connectivity index is 1.72. The summed E-state index contributed by atoms with van der Waals surface area (Å²) in [4.78, 5) is 7.98. The molecule has 1 aromatic rings. The maximum atomic E-state index is 9.05. The van der Waals surface area contributed by atoms with Crippen molar-refractivity contribution in [1.29, 1.82) is 0 Å². The molecule has 1 fully saturated rings. The molecular weight excluding hydrogens is 202 g/mol. The van der Waals surface area contributed by atoms with Crippen molar-refractivity contribution in [3.63, 3.8) is 0 Å². The van der Waals surface area contributed by atoms with Gasteiger partial charge < -0.3 is 10.4 Å². The van der Waals surface area contributed by atoms with Crippen LogP contribution in [0, 0.1) is 5.92 Å². The van der Waals surface area contributed by atoms with Crippen LogP contribution in [0.1, 0.15) is 31.2 Å². The van der Waals surface area contributed by atoms with Crippen LogP contribution in [0.15, 0.2) is 18.7 Å². The Morgan fingerprint density at radius 2 is 1.88 bits per heavy atom. The Morgan fingerprint density at radius 1 is 1.19 bits per heavy atom. The maximum Gasteiger partial charge on any atom is 0.115 e. The molecule has 0 spiro atoms. The molecule has 1 heterocycles. The quantitative estimate of drug-likeness (QED) is 0.800. The Hall–Kier alpha value is -1.00. The minimum Gasteiger partial charge on any atom is -0.396 e. The predicted molar refractivity (Wildman–Crippen MR) is 61.7 cm³/mol. The minimum absolute atomic E-state index is 0.346. The number of nitrogens with zero attached hydrogens (tertiary/aromatic N) is 2. The highest BCUT2D eigenvalue weighted by atomic mass is 16.3. The molecule has 1 aliphatic rings. The van der Waals surface area contributed by atoms with E-state index in [-0.39, 0.29) is 0 Å². The first-order valence-corrected chi connectivity index (χ1v) is 5.96. The fourth-order valence-corrected chi connectivity index (χ4v) is 2.23. The molecule has 2 rings (SSSR count). The van der Waals surface area contributed by atoms with Crippen molar-refractivity contribution in [3.8, 4) is 0 Å². The van der Waals surface area contributed by atoms with Crippen molar-refractivity contribution in [2.24, 2.45) is 5.92 Å². The van der Waals surface area contributed by atoms with Gasteiger partial charge in [0.25, 0.3) is 0 Å². The number of aliphatic hydroxyl groups excluding tert-OH is 1. The smallest absolute Gasteiger partial charge is 0.115 e. The van der Waals surface area contributed by atoms with Gasteiger partial charge in [0.15, 0.2) is 0 Å². The van der Waals surface area contributed by atoms with Crippen LogP contribution in [0.25, 0.3) is 0 Å². The summed E-state index contributed by atoms with van der Waals surface area (Å²) in [6.45, 7) is 1.19. The van der Waals surface area contributed by atoms with Gasteiger partial charge in [-0.3, -0.25) is 0 Å². The first kappa shape index (κ1) is 11.5. The first-order chi connectivity index (χ1) is 7.88. The minimum atomic E-state index is 0.346. The van der Waals surface area contributed by atoms with E-state index in [1.807, 2.05) is 12.4 Å². The lowest BCUT2D eigenvalue weighted by Crippen LogP contribution is -2.33. The summed E-state index contributed by atoms with van der Waals surface area (Å²) in [6.07, 6.45) is 9.85. The highest BCUT2D eigenvalue weighted by Crippen LogP contribution is 2.23. The fourth-order valence-electron chi connectivity index (χ4n) is 2.23. The number of aromatic nitrogens is 2. The van der Waals surface area contributed by atoms with Crippen LogP contribution in [-0.2, 0) is 6.54 Å².